The molecule has 0 aliphatic carbocycles. The van der Waals surface area contributed by atoms with Gasteiger partial charge in [0, 0.05) is 0 Å². The summed E-state index contributed by atoms with van der Waals surface area (Å²) in [6.07, 6.45) is -0.385. The normalized spacial score (nSPS) is 20.5. The van der Waals surface area contributed by atoms with Gasteiger partial charge in [-0.3, -0.25) is 20.4 Å². The van der Waals surface area contributed by atoms with Gasteiger partial charge in [0.25, 0.3) is 5.91 Å². The number of benzene rings is 2. The van der Waals surface area contributed by atoms with Crippen LogP contribution in [0.5, 0.6) is 11.5 Å². The largest absolute Gasteiger partial charge is 0.461 e. The van der Waals surface area contributed by atoms with Crippen molar-refractivity contribution >= 4 is 31.5 Å². The first-order chi connectivity index (χ1) is 12.9. The van der Waals surface area contributed by atoms with Gasteiger partial charge in [-0.1, -0.05) is 18.2 Å². The molecule has 9 heteroatoms. The molecule has 2 N–H and O–H groups in total. The topological polar surface area (TPSA) is 110 Å². The van der Waals surface area contributed by atoms with E-state index >= 15 is 0 Å². The highest BCUT2D eigenvalue weighted by Crippen LogP contribution is 2.35. The molecule has 1 atom stereocenters. The molecule has 1 aliphatic heterocycles. The van der Waals surface area contributed by atoms with Gasteiger partial charge in [0.2, 0.25) is 0 Å². The van der Waals surface area contributed by atoms with E-state index in [0.717, 1.165) is 0 Å². The molecule has 1 heterocycles. The van der Waals surface area contributed by atoms with Crippen LogP contribution in [0.2, 0.25) is 0 Å². The van der Waals surface area contributed by atoms with E-state index in [1.165, 1.54) is 35.1 Å². The number of hydrogen-bond acceptors (Lipinski definition) is 7. The number of rotatable bonds is 5. The molecular weight excluding hydrogens is 390 g/mol. The lowest BCUT2D eigenvalue weighted by molar-refractivity contribution is -0.131. The lowest BCUT2D eigenvalue weighted by Gasteiger charge is -2.34. The lowest BCUT2D eigenvalue weighted by Crippen LogP contribution is -2.54. The zero-order chi connectivity index (χ0) is 19.5. The Morgan fingerprint density at radius 3 is 2.26 bits per heavy atom. The van der Waals surface area contributed by atoms with Gasteiger partial charge < -0.3 is 8.95 Å². The lowest BCUT2D eigenvalue weighted by atomic mass is 10.0. The minimum Gasteiger partial charge on any atom is -0.461 e. The van der Waals surface area contributed by atoms with Crippen LogP contribution in [0.4, 0.5) is 0 Å². The minimum absolute atomic E-state index is 0.0296. The summed E-state index contributed by atoms with van der Waals surface area (Å²) in [5.41, 5.74) is 1.45. The summed E-state index contributed by atoms with van der Waals surface area (Å²) in [7, 11) is -5.44. The molecule has 7 nitrogen and oxygen atoms in total. The second-order valence-corrected chi connectivity index (χ2v) is 9.79. The molecule has 0 saturated carbocycles. The van der Waals surface area contributed by atoms with Crippen molar-refractivity contribution in [2.24, 2.45) is 0 Å². The summed E-state index contributed by atoms with van der Waals surface area (Å²) in [6.45, 7) is 0. The first-order valence-electron chi connectivity index (χ1n) is 8.12. The van der Waals surface area contributed by atoms with Crippen molar-refractivity contribution in [1.29, 1.82) is 0 Å². The van der Waals surface area contributed by atoms with E-state index in [1.807, 2.05) is 18.2 Å². The van der Waals surface area contributed by atoms with E-state index in [9.17, 15) is 17.4 Å². The van der Waals surface area contributed by atoms with E-state index < -0.39 is 30.9 Å². The molecule has 0 aromatic heterocycles. The Hall–Kier alpha value is -2.36. The zero-order valence-corrected chi connectivity index (χ0v) is 15.8. The van der Waals surface area contributed by atoms with E-state index in [0.29, 0.717) is 11.5 Å². The number of nitrogens with one attached hydrogen (secondary N) is 1. The maximum Gasteiger partial charge on any atom is 0.265 e. The second kappa shape index (κ2) is 7.71. The Morgan fingerprint density at radius 1 is 1.07 bits per heavy atom. The van der Waals surface area contributed by atoms with Crippen molar-refractivity contribution in [3.8, 4) is 11.5 Å². The third-order valence-corrected chi connectivity index (χ3v) is 8.07. The molecule has 0 fully saturated rings. The number of ether oxygens (including phenoxy) is 1. The van der Waals surface area contributed by atoms with Gasteiger partial charge in [-0.15, -0.1) is 5.75 Å². The summed E-state index contributed by atoms with van der Waals surface area (Å²) < 4.78 is 41.6. The molecule has 2 aromatic carbocycles. The maximum absolute atomic E-state index is 13.2. The third kappa shape index (κ3) is 3.71. The van der Waals surface area contributed by atoms with Crippen LogP contribution in [0.25, 0.3) is 0 Å². The van der Waals surface area contributed by atoms with Gasteiger partial charge in [-0.05, 0) is 49.2 Å². The predicted molar refractivity (Wildman–Crippen MR) is 101 cm³/mol. The Bertz CT molecular complexity index is 1010. The van der Waals surface area contributed by atoms with Crippen molar-refractivity contribution in [2.45, 2.75) is 22.5 Å². The summed E-state index contributed by atoms with van der Waals surface area (Å²) in [6, 6.07) is 14.7. The van der Waals surface area contributed by atoms with Crippen molar-refractivity contribution < 1.29 is 27.4 Å². The number of sulfone groups is 1. The van der Waals surface area contributed by atoms with E-state index in [4.69, 9.17) is 9.94 Å². The van der Waals surface area contributed by atoms with Crippen LogP contribution in [0.1, 0.15) is 12.8 Å². The molecule has 3 rings (SSSR count). The predicted octanol–water partition coefficient (Wildman–Crippen LogP) is 2.06. The van der Waals surface area contributed by atoms with Crippen molar-refractivity contribution in [1.82, 2.24) is 5.48 Å². The van der Waals surface area contributed by atoms with Crippen molar-refractivity contribution in [2.75, 3.05) is 5.75 Å². The molecule has 0 radical (unpaired) electrons. The SMILES string of the molecule is O=C(NO)C1(S(=O)(=O)c2ccc(Oc3ccccc3)cc2)CC=[S-](=O)CC1. The number of carbonyl (C=O) groups is 1. The minimum atomic E-state index is -4.14. The van der Waals surface area contributed by atoms with Gasteiger partial charge in [-0.25, -0.2) is 13.9 Å². The first kappa shape index (κ1) is 19.4. The average molecular weight is 408 g/mol. The van der Waals surface area contributed by atoms with Gasteiger partial charge in [0.1, 0.15) is 11.5 Å². The monoisotopic (exact) mass is 408 g/mol. The Kier molecular flexibility index (Phi) is 5.54. The van der Waals surface area contributed by atoms with Gasteiger partial charge in [0.05, 0.1) is 4.90 Å². The van der Waals surface area contributed by atoms with E-state index in [1.54, 1.807) is 12.1 Å². The van der Waals surface area contributed by atoms with E-state index in [2.05, 4.69) is 0 Å². The molecule has 0 bridgehead atoms. The maximum atomic E-state index is 13.2. The second-order valence-electron chi connectivity index (χ2n) is 6.03. The molecule has 1 amide bonds. The number of hydrogen-bond donors (Lipinski definition) is 2. The summed E-state index contributed by atoms with van der Waals surface area (Å²) in [4.78, 5) is 12.2. The van der Waals surface area contributed by atoms with Crippen molar-refractivity contribution in [3.63, 3.8) is 0 Å². The molecule has 0 saturated heterocycles. The first-order valence-corrected chi connectivity index (χ1v) is 11.0. The Labute approximate surface area is 158 Å². The molecule has 0 spiro atoms. The summed E-state index contributed by atoms with van der Waals surface area (Å²) in [5.74, 6) is 0.0489. The van der Waals surface area contributed by atoms with Crippen LogP contribution >= 0.6 is 0 Å². The highest BCUT2D eigenvalue weighted by atomic mass is 32.2. The number of hydroxylamine groups is 1. The quantitative estimate of drug-likeness (QED) is 0.339. The fraction of sp³-hybridized carbons (Fsp3) is 0.222. The molecule has 1 unspecified atom stereocenters. The van der Waals surface area contributed by atoms with E-state index in [-0.39, 0.29) is 23.5 Å². The summed E-state index contributed by atoms with van der Waals surface area (Å²) >= 11 is 0. The van der Waals surface area contributed by atoms with Crippen LogP contribution in [-0.2, 0) is 29.2 Å². The fourth-order valence-electron chi connectivity index (χ4n) is 2.89. The smallest absolute Gasteiger partial charge is 0.265 e. The Balaban J connectivity index is 1.93. The van der Waals surface area contributed by atoms with Crippen LogP contribution in [0.3, 0.4) is 0 Å². The average Bonchev–Trinajstić information content (AvgIpc) is 2.69. The van der Waals surface area contributed by atoms with Gasteiger partial charge in [-0.2, -0.15) is 5.37 Å². The number of amides is 1. The molecule has 144 valence electrons. The molecule has 1 aliphatic rings. The molecular formula is C18H18NO6S2-. The highest BCUT2D eigenvalue weighted by Gasteiger charge is 2.50. The van der Waals surface area contributed by atoms with Gasteiger partial charge >= 0.3 is 0 Å². The third-order valence-electron chi connectivity index (χ3n) is 4.45. The number of para-hydroxylation sites is 1. The molecule has 27 heavy (non-hydrogen) atoms. The van der Waals surface area contributed by atoms with Crippen LogP contribution in [0.15, 0.2) is 59.5 Å². The zero-order valence-electron chi connectivity index (χ0n) is 14.2. The van der Waals surface area contributed by atoms with Crippen LogP contribution in [0, 0.1) is 0 Å². The highest BCUT2D eigenvalue weighted by molar-refractivity contribution is 7.94. The Morgan fingerprint density at radius 2 is 1.70 bits per heavy atom. The van der Waals surface area contributed by atoms with Crippen LogP contribution < -0.4 is 10.2 Å². The molecule has 2 aromatic rings. The number of carbonyl (C=O) groups excluding carboxylic acids is 1. The van der Waals surface area contributed by atoms with Crippen molar-refractivity contribution in [3.05, 3.63) is 54.6 Å². The standard InChI is InChI=1S/C18H18NO6S2/c20-17(19-21)18(10-12-26(22)13-11-18)27(23,24)16-8-6-15(7-9-16)25-14-4-2-1-3-5-14/h1-9,12,21H,10-11,13H2,(H,19,20)/q-1. The summed E-state index contributed by atoms with van der Waals surface area (Å²) in [5, 5.41) is 10.4. The fourth-order valence-corrected chi connectivity index (χ4v) is 6.22. The van der Waals surface area contributed by atoms with Gasteiger partial charge in [0.15, 0.2) is 14.6 Å². The van der Waals surface area contributed by atoms with Crippen LogP contribution in [-0.4, -0.2) is 35.4 Å².